The van der Waals surface area contributed by atoms with Crippen LogP contribution in [0, 0.1) is 5.41 Å². The molecule has 2 amide bonds. The number of imide groups is 1. The zero-order chi connectivity index (χ0) is 26.0. The molecule has 4 aliphatic rings. The molecule has 0 aromatic heterocycles. The number of likely N-dealkylation sites (tertiary alicyclic amines) is 1. The third kappa shape index (κ3) is 5.41. The number of carbonyl (C=O) groups excluding carboxylic acids is 2. The predicted octanol–water partition coefficient (Wildman–Crippen LogP) is 5.73. The van der Waals surface area contributed by atoms with E-state index in [4.69, 9.17) is 4.99 Å². The largest absolute Gasteiger partial charge is 0.354 e. The van der Waals surface area contributed by atoms with Crippen molar-refractivity contribution in [1.82, 2.24) is 14.7 Å². The number of nitrogens with zero attached hydrogens (tertiary/aromatic N) is 4. The summed E-state index contributed by atoms with van der Waals surface area (Å²) in [4.78, 5) is 39.8. The Morgan fingerprint density at radius 3 is 2.18 bits per heavy atom. The number of amides is 2. The Morgan fingerprint density at radius 1 is 0.763 bits per heavy atom. The molecule has 2 aromatic rings. The van der Waals surface area contributed by atoms with E-state index in [2.05, 4.69) is 58.3 Å². The van der Waals surface area contributed by atoms with Crippen LogP contribution in [0.5, 0.6) is 0 Å². The fourth-order valence-electron chi connectivity index (χ4n) is 6.64. The minimum Gasteiger partial charge on any atom is -0.354 e. The Morgan fingerprint density at radius 2 is 1.42 bits per heavy atom. The maximum absolute atomic E-state index is 12.8. The van der Waals surface area contributed by atoms with Crippen LogP contribution in [0.4, 0.5) is 5.69 Å². The lowest BCUT2D eigenvalue weighted by molar-refractivity contribution is -0.154. The van der Waals surface area contributed by atoms with Crippen molar-refractivity contribution in [3.8, 4) is 0 Å². The van der Waals surface area contributed by atoms with Crippen LogP contribution in [-0.4, -0.2) is 71.6 Å². The first-order chi connectivity index (χ1) is 18.6. The summed E-state index contributed by atoms with van der Waals surface area (Å²) in [7, 11) is 0. The summed E-state index contributed by atoms with van der Waals surface area (Å²) in [6.07, 6.45) is 8.74. The zero-order valence-corrected chi connectivity index (χ0v) is 23.1. The van der Waals surface area contributed by atoms with Crippen molar-refractivity contribution in [2.45, 2.75) is 67.6 Å². The van der Waals surface area contributed by atoms with Crippen molar-refractivity contribution in [3.63, 3.8) is 0 Å². The van der Waals surface area contributed by atoms with Gasteiger partial charge in [0, 0.05) is 60.9 Å². The SMILES string of the molecule is O=C1CC2(CCCCC2)CC(=O)N1CCCCN1CCN(C2=Nc3ccccc3Sc3ccccc32)CC1. The van der Waals surface area contributed by atoms with E-state index in [1.54, 1.807) is 16.7 Å². The normalized spacial score (nSPS) is 21.6. The maximum atomic E-state index is 12.8. The van der Waals surface area contributed by atoms with Gasteiger partial charge in [-0.1, -0.05) is 61.4 Å². The van der Waals surface area contributed by atoms with Crippen molar-refractivity contribution in [2.75, 3.05) is 39.3 Å². The van der Waals surface area contributed by atoms with Gasteiger partial charge < -0.3 is 4.90 Å². The van der Waals surface area contributed by atoms with E-state index in [1.807, 2.05) is 0 Å². The Labute approximate surface area is 230 Å². The highest BCUT2D eigenvalue weighted by atomic mass is 32.2. The molecular formula is C31H38N4O2S. The van der Waals surface area contributed by atoms with Crippen molar-refractivity contribution in [1.29, 1.82) is 0 Å². The highest BCUT2D eigenvalue weighted by Crippen LogP contribution is 2.45. The molecule has 2 aromatic carbocycles. The van der Waals surface area contributed by atoms with Crippen molar-refractivity contribution in [2.24, 2.45) is 10.4 Å². The van der Waals surface area contributed by atoms with Gasteiger partial charge in [-0.3, -0.25) is 19.4 Å². The van der Waals surface area contributed by atoms with Crippen LogP contribution in [0.25, 0.3) is 0 Å². The molecule has 0 N–H and O–H groups in total. The third-order valence-electron chi connectivity index (χ3n) is 8.79. The van der Waals surface area contributed by atoms with Crippen molar-refractivity contribution >= 4 is 35.1 Å². The molecule has 1 spiro atoms. The molecule has 6 nitrogen and oxygen atoms in total. The second kappa shape index (κ2) is 11.2. The van der Waals surface area contributed by atoms with Gasteiger partial charge in [-0.05, 0) is 55.8 Å². The van der Waals surface area contributed by atoms with Gasteiger partial charge in [0.05, 0.1) is 5.69 Å². The van der Waals surface area contributed by atoms with Gasteiger partial charge in [0.1, 0.15) is 5.84 Å². The number of hydrogen-bond donors (Lipinski definition) is 0. The van der Waals surface area contributed by atoms with Gasteiger partial charge >= 0.3 is 0 Å². The van der Waals surface area contributed by atoms with Crippen molar-refractivity contribution < 1.29 is 9.59 Å². The third-order valence-corrected chi connectivity index (χ3v) is 9.93. The lowest BCUT2D eigenvalue weighted by Crippen LogP contribution is -2.49. The number of unbranched alkanes of at least 4 members (excludes halogenated alkanes) is 1. The number of carbonyl (C=O) groups is 2. The molecule has 0 radical (unpaired) electrons. The molecule has 3 fully saturated rings. The summed E-state index contributed by atoms with van der Waals surface area (Å²) in [5.41, 5.74) is 2.24. The number of para-hydroxylation sites is 1. The Kier molecular flexibility index (Phi) is 7.57. The van der Waals surface area contributed by atoms with Gasteiger partial charge in [-0.2, -0.15) is 0 Å². The van der Waals surface area contributed by atoms with Gasteiger partial charge in [-0.15, -0.1) is 0 Å². The molecule has 0 unspecified atom stereocenters. The summed E-state index contributed by atoms with van der Waals surface area (Å²) in [5, 5.41) is 0. The number of piperazine rings is 1. The standard InChI is InChI=1S/C31H38N4O2S/c36-28-22-31(14-6-1-7-15-31)23-29(37)35(28)17-9-8-16-33-18-20-34(21-19-33)30-24-10-2-4-12-26(24)38-27-13-5-3-11-25(27)32-30/h2-5,10-13H,1,6-9,14-23H2. The number of benzene rings is 2. The Balaban J connectivity index is 1.00. The van der Waals surface area contributed by atoms with Gasteiger partial charge in [0.25, 0.3) is 0 Å². The number of aliphatic imine (C=N–C) groups is 1. The zero-order valence-electron chi connectivity index (χ0n) is 22.2. The maximum Gasteiger partial charge on any atom is 0.229 e. The highest BCUT2D eigenvalue weighted by molar-refractivity contribution is 7.99. The van der Waals surface area contributed by atoms with Crippen molar-refractivity contribution in [3.05, 3.63) is 54.1 Å². The molecule has 3 aliphatic heterocycles. The summed E-state index contributed by atoms with van der Waals surface area (Å²) < 4.78 is 0. The molecule has 0 atom stereocenters. The lowest BCUT2D eigenvalue weighted by Gasteiger charge is -2.42. The van der Waals surface area contributed by atoms with Crippen LogP contribution >= 0.6 is 11.8 Å². The second-order valence-corrected chi connectivity index (χ2v) is 12.5. The van der Waals surface area contributed by atoms with Crippen LogP contribution in [0.15, 0.2) is 63.3 Å². The summed E-state index contributed by atoms with van der Waals surface area (Å²) in [6.45, 7) is 5.49. The summed E-state index contributed by atoms with van der Waals surface area (Å²) in [6, 6.07) is 17.0. The van der Waals surface area contributed by atoms with Gasteiger partial charge in [-0.25, -0.2) is 4.99 Å². The molecule has 200 valence electrons. The fourth-order valence-corrected chi connectivity index (χ4v) is 7.66. The van der Waals surface area contributed by atoms with E-state index in [0.717, 1.165) is 69.9 Å². The van der Waals surface area contributed by atoms with E-state index in [1.165, 1.54) is 34.6 Å². The number of rotatable bonds is 5. The Bertz CT molecular complexity index is 1190. The predicted molar refractivity (Wildman–Crippen MR) is 152 cm³/mol. The molecule has 1 aliphatic carbocycles. The first kappa shape index (κ1) is 25.6. The van der Waals surface area contributed by atoms with E-state index in [9.17, 15) is 9.59 Å². The molecular weight excluding hydrogens is 492 g/mol. The smallest absolute Gasteiger partial charge is 0.229 e. The van der Waals surface area contributed by atoms with E-state index >= 15 is 0 Å². The van der Waals surface area contributed by atoms with E-state index < -0.39 is 0 Å². The van der Waals surface area contributed by atoms with E-state index in [0.29, 0.717) is 19.4 Å². The molecule has 0 bridgehead atoms. The van der Waals surface area contributed by atoms with Crippen LogP contribution < -0.4 is 0 Å². The topological polar surface area (TPSA) is 56.2 Å². The number of fused-ring (bicyclic) bond motifs is 2. The molecule has 38 heavy (non-hydrogen) atoms. The van der Waals surface area contributed by atoms with Crippen LogP contribution in [0.1, 0.15) is 63.4 Å². The molecule has 3 heterocycles. The highest BCUT2D eigenvalue weighted by Gasteiger charge is 2.43. The average Bonchev–Trinajstić information content (AvgIpc) is 3.10. The first-order valence-electron chi connectivity index (χ1n) is 14.4. The molecule has 2 saturated heterocycles. The van der Waals surface area contributed by atoms with Crippen LogP contribution in [0.2, 0.25) is 0 Å². The van der Waals surface area contributed by atoms with Crippen LogP contribution in [0.3, 0.4) is 0 Å². The minimum atomic E-state index is -0.0223. The first-order valence-corrected chi connectivity index (χ1v) is 15.2. The summed E-state index contributed by atoms with van der Waals surface area (Å²) in [5.74, 6) is 1.22. The number of amidine groups is 1. The monoisotopic (exact) mass is 530 g/mol. The van der Waals surface area contributed by atoms with Gasteiger partial charge in [0.2, 0.25) is 11.8 Å². The molecule has 6 rings (SSSR count). The fraction of sp³-hybridized carbons (Fsp3) is 0.516. The number of hydrogen-bond acceptors (Lipinski definition) is 6. The summed E-state index contributed by atoms with van der Waals surface area (Å²) >= 11 is 1.80. The quantitative estimate of drug-likeness (QED) is 0.365. The molecule has 7 heteroatoms. The Hall–Kier alpha value is -2.64. The van der Waals surface area contributed by atoms with E-state index in [-0.39, 0.29) is 17.2 Å². The minimum absolute atomic E-state index is 0.0223. The lowest BCUT2D eigenvalue weighted by atomic mass is 9.67. The average molecular weight is 531 g/mol. The van der Waals surface area contributed by atoms with Crippen LogP contribution in [-0.2, 0) is 9.59 Å². The number of piperidine rings is 1. The second-order valence-electron chi connectivity index (χ2n) is 11.4. The molecule has 1 saturated carbocycles. The van der Waals surface area contributed by atoms with Gasteiger partial charge in [0.15, 0.2) is 0 Å².